The molecular formula is C25H32N2O3. The van der Waals surface area contributed by atoms with Gasteiger partial charge in [0, 0.05) is 18.8 Å². The van der Waals surface area contributed by atoms with Crippen LogP contribution < -0.4 is 10.6 Å². The summed E-state index contributed by atoms with van der Waals surface area (Å²) >= 11 is 0. The molecule has 30 heavy (non-hydrogen) atoms. The van der Waals surface area contributed by atoms with E-state index in [4.69, 9.17) is 10.5 Å². The van der Waals surface area contributed by atoms with Gasteiger partial charge in [0.05, 0.1) is 18.1 Å². The molecule has 3 rings (SSSR count). The summed E-state index contributed by atoms with van der Waals surface area (Å²) in [6.45, 7) is 8.35. The summed E-state index contributed by atoms with van der Waals surface area (Å²) in [5.74, 6) is -1.30. The summed E-state index contributed by atoms with van der Waals surface area (Å²) in [5.41, 5.74) is 10.7. The lowest BCUT2D eigenvalue weighted by Crippen LogP contribution is -2.32. The quantitative estimate of drug-likeness (QED) is 0.683. The Hall–Kier alpha value is -2.82. The summed E-state index contributed by atoms with van der Waals surface area (Å²) in [6.07, 6.45) is 3.65. The van der Waals surface area contributed by atoms with E-state index in [1.165, 1.54) is 30.5 Å². The topological polar surface area (TPSA) is 72.6 Å². The van der Waals surface area contributed by atoms with Crippen LogP contribution in [0.25, 0.3) is 0 Å². The number of ether oxygens (including phenoxy) is 1. The molecular weight excluding hydrogens is 376 g/mol. The normalized spacial score (nSPS) is 16.0. The van der Waals surface area contributed by atoms with Crippen molar-refractivity contribution in [3.05, 3.63) is 64.7 Å². The third-order valence-corrected chi connectivity index (χ3v) is 5.96. The van der Waals surface area contributed by atoms with E-state index in [0.717, 1.165) is 24.2 Å². The fourth-order valence-corrected chi connectivity index (χ4v) is 4.37. The zero-order valence-electron chi connectivity index (χ0n) is 18.2. The number of esters is 1. The molecule has 1 heterocycles. The fraction of sp³-hybridized carbons (Fsp3) is 0.440. The zero-order chi connectivity index (χ0) is 21.7. The van der Waals surface area contributed by atoms with Crippen molar-refractivity contribution in [3.63, 3.8) is 0 Å². The second-order valence-corrected chi connectivity index (χ2v) is 8.12. The maximum atomic E-state index is 12.5. The van der Waals surface area contributed by atoms with Crippen LogP contribution in [0.4, 0.5) is 5.69 Å². The van der Waals surface area contributed by atoms with Crippen molar-refractivity contribution in [2.45, 2.75) is 51.9 Å². The molecule has 160 valence electrons. The molecule has 2 N–H and O–H groups in total. The predicted molar refractivity (Wildman–Crippen MR) is 120 cm³/mol. The largest absolute Gasteiger partial charge is 0.462 e. The van der Waals surface area contributed by atoms with Crippen LogP contribution in [-0.2, 0) is 9.53 Å². The molecule has 2 aromatic rings. The van der Waals surface area contributed by atoms with E-state index >= 15 is 0 Å². The Morgan fingerprint density at radius 1 is 1.07 bits per heavy atom. The first-order chi connectivity index (χ1) is 14.4. The number of carbonyl (C=O) groups excluding carboxylic acids is 2. The first-order valence-electron chi connectivity index (χ1n) is 10.8. The minimum atomic E-state index is -0.479. The lowest BCUT2D eigenvalue weighted by molar-refractivity contribution is -0.119. The van der Waals surface area contributed by atoms with E-state index in [9.17, 15) is 9.59 Å². The van der Waals surface area contributed by atoms with Crippen molar-refractivity contribution >= 4 is 17.6 Å². The SMILES string of the molecule is CCOC(=O)c1ccc(C(C(N)=O)C(C)c2ccc(C)cc2N2CCCCC2)cc1. The van der Waals surface area contributed by atoms with Gasteiger partial charge in [-0.2, -0.15) is 0 Å². The van der Waals surface area contributed by atoms with Crippen LogP contribution in [0.2, 0.25) is 0 Å². The summed E-state index contributed by atoms with van der Waals surface area (Å²) in [7, 11) is 0. The first-order valence-corrected chi connectivity index (χ1v) is 10.8. The molecule has 5 heteroatoms. The number of aryl methyl sites for hydroxylation is 1. The van der Waals surface area contributed by atoms with Gasteiger partial charge in [-0.05, 0) is 73.9 Å². The van der Waals surface area contributed by atoms with E-state index in [1.54, 1.807) is 19.1 Å². The molecule has 1 aliphatic heterocycles. The van der Waals surface area contributed by atoms with Crippen LogP contribution in [0.15, 0.2) is 42.5 Å². The molecule has 2 atom stereocenters. The maximum absolute atomic E-state index is 12.5. The Morgan fingerprint density at radius 2 is 1.73 bits per heavy atom. The van der Waals surface area contributed by atoms with Crippen LogP contribution in [0.3, 0.4) is 0 Å². The van der Waals surface area contributed by atoms with Gasteiger partial charge in [0.1, 0.15) is 0 Å². The van der Waals surface area contributed by atoms with Crippen LogP contribution in [0, 0.1) is 6.92 Å². The van der Waals surface area contributed by atoms with Crippen LogP contribution in [-0.4, -0.2) is 31.6 Å². The van der Waals surface area contributed by atoms with E-state index in [0.29, 0.717) is 12.2 Å². The fourth-order valence-electron chi connectivity index (χ4n) is 4.37. The highest BCUT2D eigenvalue weighted by atomic mass is 16.5. The van der Waals surface area contributed by atoms with Gasteiger partial charge in [0.15, 0.2) is 0 Å². The number of hydrogen-bond donors (Lipinski definition) is 1. The molecule has 0 spiro atoms. The minimum absolute atomic E-state index is 0.0894. The van der Waals surface area contributed by atoms with Gasteiger partial charge in [0.2, 0.25) is 5.91 Å². The van der Waals surface area contributed by atoms with Gasteiger partial charge >= 0.3 is 5.97 Å². The molecule has 1 amide bonds. The van der Waals surface area contributed by atoms with Gasteiger partial charge in [0.25, 0.3) is 0 Å². The van der Waals surface area contributed by atoms with Crippen molar-refractivity contribution in [2.24, 2.45) is 5.73 Å². The standard InChI is InChI=1S/C25H32N2O3/c1-4-30-25(29)20-11-9-19(10-12-20)23(24(26)28)18(3)21-13-8-17(2)16-22(21)27-14-6-5-7-15-27/h8-13,16,18,23H,4-7,14-15H2,1-3H3,(H2,26,28). The van der Waals surface area contributed by atoms with E-state index in [-0.39, 0.29) is 17.8 Å². The van der Waals surface area contributed by atoms with Crippen LogP contribution in [0.1, 0.15) is 72.0 Å². The average Bonchev–Trinajstić information content (AvgIpc) is 2.74. The predicted octanol–water partition coefficient (Wildman–Crippen LogP) is 4.53. The lowest BCUT2D eigenvalue weighted by Gasteiger charge is -2.33. The molecule has 0 aliphatic carbocycles. The molecule has 0 bridgehead atoms. The van der Waals surface area contributed by atoms with E-state index < -0.39 is 5.92 Å². The van der Waals surface area contributed by atoms with Crippen molar-refractivity contribution in [1.82, 2.24) is 0 Å². The highest BCUT2D eigenvalue weighted by Crippen LogP contribution is 2.39. The van der Waals surface area contributed by atoms with Crippen LogP contribution in [0.5, 0.6) is 0 Å². The van der Waals surface area contributed by atoms with Gasteiger partial charge in [-0.25, -0.2) is 4.79 Å². The van der Waals surface area contributed by atoms with Gasteiger partial charge < -0.3 is 15.4 Å². The number of benzene rings is 2. The highest BCUT2D eigenvalue weighted by molar-refractivity contribution is 5.90. The lowest BCUT2D eigenvalue weighted by atomic mass is 9.80. The average molecular weight is 409 g/mol. The van der Waals surface area contributed by atoms with Gasteiger partial charge in [-0.15, -0.1) is 0 Å². The smallest absolute Gasteiger partial charge is 0.338 e. The Balaban J connectivity index is 1.94. The molecule has 0 radical (unpaired) electrons. The number of nitrogens with two attached hydrogens (primary N) is 1. The molecule has 1 saturated heterocycles. The third kappa shape index (κ3) is 4.84. The Labute approximate surface area is 179 Å². The molecule has 5 nitrogen and oxygen atoms in total. The molecule has 2 unspecified atom stereocenters. The summed E-state index contributed by atoms with van der Waals surface area (Å²) < 4.78 is 5.05. The number of carbonyl (C=O) groups is 2. The van der Waals surface area contributed by atoms with Gasteiger partial charge in [-0.1, -0.05) is 31.2 Å². The van der Waals surface area contributed by atoms with Crippen molar-refractivity contribution < 1.29 is 14.3 Å². The molecule has 0 aromatic heterocycles. The number of nitrogens with zero attached hydrogens (tertiary/aromatic N) is 1. The number of rotatable bonds is 7. The number of anilines is 1. The number of piperidine rings is 1. The second kappa shape index (κ2) is 9.79. The summed E-state index contributed by atoms with van der Waals surface area (Å²) in [6, 6.07) is 13.5. The monoisotopic (exact) mass is 408 g/mol. The summed E-state index contributed by atoms with van der Waals surface area (Å²) in [4.78, 5) is 26.9. The Kier molecular flexibility index (Phi) is 7.14. The Bertz CT molecular complexity index is 886. The van der Waals surface area contributed by atoms with Crippen molar-refractivity contribution in [2.75, 3.05) is 24.6 Å². The molecule has 1 fully saturated rings. The number of amides is 1. The third-order valence-electron chi connectivity index (χ3n) is 5.96. The molecule has 0 saturated carbocycles. The van der Waals surface area contributed by atoms with Gasteiger partial charge in [-0.3, -0.25) is 4.79 Å². The summed E-state index contributed by atoms with van der Waals surface area (Å²) in [5, 5.41) is 0. The second-order valence-electron chi connectivity index (χ2n) is 8.12. The molecule has 2 aromatic carbocycles. The number of hydrogen-bond acceptors (Lipinski definition) is 4. The maximum Gasteiger partial charge on any atom is 0.338 e. The van der Waals surface area contributed by atoms with Crippen molar-refractivity contribution in [1.29, 1.82) is 0 Å². The first kappa shape index (κ1) is 21.9. The van der Waals surface area contributed by atoms with E-state index in [1.807, 2.05) is 12.1 Å². The minimum Gasteiger partial charge on any atom is -0.462 e. The number of primary amides is 1. The highest BCUT2D eigenvalue weighted by Gasteiger charge is 2.29. The van der Waals surface area contributed by atoms with Crippen molar-refractivity contribution in [3.8, 4) is 0 Å². The van der Waals surface area contributed by atoms with E-state index in [2.05, 4.69) is 36.9 Å². The molecule has 1 aliphatic rings. The zero-order valence-corrected chi connectivity index (χ0v) is 18.2. The van der Waals surface area contributed by atoms with Crippen LogP contribution >= 0.6 is 0 Å². The Morgan fingerprint density at radius 3 is 2.33 bits per heavy atom.